The predicted molar refractivity (Wildman–Crippen MR) is 80.7 cm³/mol. The van der Waals surface area contributed by atoms with E-state index in [9.17, 15) is 4.79 Å². The lowest BCUT2D eigenvalue weighted by Crippen LogP contribution is -2.50. The molecule has 1 heterocycles. The third-order valence-corrected chi connectivity index (χ3v) is 3.45. The summed E-state index contributed by atoms with van der Waals surface area (Å²) in [7, 11) is 0. The quantitative estimate of drug-likeness (QED) is 0.668. The van der Waals surface area contributed by atoms with Gasteiger partial charge in [-0.15, -0.1) is 0 Å². The Balaban J connectivity index is 2.44. The summed E-state index contributed by atoms with van der Waals surface area (Å²) in [6.45, 7) is 12.9. The molecule has 0 aromatic carbocycles. The van der Waals surface area contributed by atoms with Crippen molar-refractivity contribution in [2.24, 2.45) is 4.99 Å². The van der Waals surface area contributed by atoms with Crippen LogP contribution >= 0.6 is 0 Å². The molecule has 0 unspecified atom stereocenters. The van der Waals surface area contributed by atoms with Crippen LogP contribution in [0.4, 0.5) is 0 Å². The molecule has 0 spiro atoms. The number of hydrogen-bond donors (Lipinski definition) is 1. The molecular formula is C14H26N4O2. The number of carbonyl (C=O) groups is 1. The zero-order chi connectivity index (χ0) is 15.0. The van der Waals surface area contributed by atoms with Gasteiger partial charge in [0.1, 0.15) is 5.82 Å². The number of rotatable bonds is 7. The Hall–Kier alpha value is -1.24. The molecule has 0 bridgehead atoms. The lowest BCUT2D eigenvalue weighted by atomic mass is 10.3. The maximum Gasteiger partial charge on any atom is 0.242 e. The molecule has 1 fully saturated rings. The Morgan fingerprint density at radius 1 is 1.35 bits per heavy atom. The average Bonchev–Trinajstić information content (AvgIpc) is 2.42. The van der Waals surface area contributed by atoms with Crippen LogP contribution < -0.4 is 0 Å². The number of piperazine rings is 1. The van der Waals surface area contributed by atoms with E-state index in [1.165, 1.54) is 0 Å². The number of β-amino-alcohol motifs (C(OH)–C–C–N with tert-alkyl or cyclic N) is 1. The molecule has 0 atom stereocenters. The standard InChI is InChI=1S/C14H26N4O2/c1-4-15-13(3)18(5-2)14(20)12-17-8-6-16(7-9-17)10-11-19/h4,19H,3,5-12H2,1-2H3. The Bertz CT molecular complexity index is 349. The van der Waals surface area contributed by atoms with E-state index in [1.54, 1.807) is 11.1 Å². The first-order chi connectivity index (χ1) is 9.62. The van der Waals surface area contributed by atoms with Gasteiger partial charge in [-0.2, -0.15) is 0 Å². The second-order valence-corrected chi connectivity index (χ2v) is 4.78. The van der Waals surface area contributed by atoms with Crippen molar-refractivity contribution < 1.29 is 9.90 Å². The van der Waals surface area contributed by atoms with Crippen LogP contribution in [0.5, 0.6) is 0 Å². The zero-order valence-electron chi connectivity index (χ0n) is 12.6. The third-order valence-electron chi connectivity index (χ3n) is 3.45. The molecule has 6 heteroatoms. The van der Waals surface area contributed by atoms with Gasteiger partial charge in [0.2, 0.25) is 5.91 Å². The molecule has 1 rings (SSSR count). The highest BCUT2D eigenvalue weighted by Gasteiger charge is 2.21. The number of likely N-dealkylation sites (N-methyl/N-ethyl adjacent to an activating group) is 1. The van der Waals surface area contributed by atoms with Crippen molar-refractivity contribution in [1.29, 1.82) is 0 Å². The second-order valence-electron chi connectivity index (χ2n) is 4.78. The monoisotopic (exact) mass is 282 g/mol. The van der Waals surface area contributed by atoms with Gasteiger partial charge >= 0.3 is 0 Å². The molecule has 0 radical (unpaired) electrons. The van der Waals surface area contributed by atoms with E-state index in [1.807, 2.05) is 13.8 Å². The molecule has 1 N–H and O–H groups in total. The SMILES string of the molecule is C=C(N=CC)N(CC)C(=O)CN1CCN(CCO)CC1. The summed E-state index contributed by atoms with van der Waals surface area (Å²) in [5.74, 6) is 0.539. The van der Waals surface area contributed by atoms with Crippen LogP contribution in [0.3, 0.4) is 0 Å². The maximum atomic E-state index is 12.3. The summed E-state index contributed by atoms with van der Waals surface area (Å²) in [5.41, 5.74) is 0. The molecule has 0 aliphatic carbocycles. The van der Waals surface area contributed by atoms with Crippen LogP contribution in [0.1, 0.15) is 13.8 Å². The molecule has 6 nitrogen and oxygen atoms in total. The Morgan fingerprint density at radius 3 is 2.45 bits per heavy atom. The average molecular weight is 282 g/mol. The minimum absolute atomic E-state index is 0.0405. The lowest BCUT2D eigenvalue weighted by Gasteiger charge is -2.34. The van der Waals surface area contributed by atoms with Crippen molar-refractivity contribution >= 4 is 12.1 Å². The number of aliphatic imine (C=N–C) groups is 1. The summed E-state index contributed by atoms with van der Waals surface area (Å²) >= 11 is 0. The van der Waals surface area contributed by atoms with Crippen molar-refractivity contribution in [2.75, 3.05) is 52.4 Å². The number of nitrogens with zero attached hydrogens (tertiary/aromatic N) is 4. The fourth-order valence-electron chi connectivity index (χ4n) is 2.31. The minimum atomic E-state index is 0.0405. The number of carbonyl (C=O) groups excluding carboxylic acids is 1. The number of hydrogen-bond acceptors (Lipinski definition) is 5. The fourth-order valence-corrected chi connectivity index (χ4v) is 2.31. The molecule has 1 aliphatic rings. The molecule has 114 valence electrons. The van der Waals surface area contributed by atoms with Crippen LogP contribution in [0.25, 0.3) is 0 Å². The lowest BCUT2D eigenvalue weighted by molar-refractivity contribution is -0.130. The van der Waals surface area contributed by atoms with Crippen LogP contribution in [-0.4, -0.2) is 84.3 Å². The van der Waals surface area contributed by atoms with Gasteiger partial charge in [0.25, 0.3) is 0 Å². The maximum absolute atomic E-state index is 12.3. The van der Waals surface area contributed by atoms with E-state index < -0.39 is 0 Å². The largest absolute Gasteiger partial charge is 0.395 e. The van der Waals surface area contributed by atoms with Crippen molar-refractivity contribution in [3.05, 3.63) is 12.4 Å². The fraction of sp³-hybridized carbons (Fsp3) is 0.714. The Morgan fingerprint density at radius 2 is 1.95 bits per heavy atom. The third kappa shape index (κ3) is 5.03. The van der Waals surface area contributed by atoms with Gasteiger partial charge in [0.15, 0.2) is 0 Å². The van der Waals surface area contributed by atoms with E-state index in [4.69, 9.17) is 5.11 Å². The smallest absolute Gasteiger partial charge is 0.242 e. The Labute approximate surface area is 121 Å². The van der Waals surface area contributed by atoms with E-state index in [-0.39, 0.29) is 12.5 Å². The van der Waals surface area contributed by atoms with E-state index in [0.29, 0.717) is 25.5 Å². The molecule has 0 saturated carbocycles. The van der Waals surface area contributed by atoms with Gasteiger partial charge in [0, 0.05) is 45.5 Å². The predicted octanol–water partition coefficient (Wildman–Crippen LogP) is 0.00670. The summed E-state index contributed by atoms with van der Waals surface area (Å²) in [6, 6.07) is 0. The summed E-state index contributed by atoms with van der Waals surface area (Å²) in [4.78, 5) is 22.3. The first-order valence-corrected chi connectivity index (χ1v) is 7.15. The highest BCUT2D eigenvalue weighted by Crippen LogP contribution is 2.07. The first-order valence-electron chi connectivity index (χ1n) is 7.15. The number of amides is 1. The first kappa shape index (κ1) is 16.8. The van der Waals surface area contributed by atoms with Gasteiger partial charge in [-0.3, -0.25) is 19.5 Å². The van der Waals surface area contributed by atoms with Crippen LogP contribution in [0.2, 0.25) is 0 Å². The highest BCUT2D eigenvalue weighted by molar-refractivity contribution is 5.80. The number of aliphatic hydroxyl groups excluding tert-OH is 1. The van der Waals surface area contributed by atoms with Gasteiger partial charge in [-0.25, -0.2) is 4.99 Å². The normalized spacial score (nSPS) is 17.6. The Kier molecular flexibility index (Phi) is 7.43. The van der Waals surface area contributed by atoms with E-state index in [0.717, 1.165) is 26.2 Å². The minimum Gasteiger partial charge on any atom is -0.395 e. The molecule has 0 aromatic rings. The van der Waals surface area contributed by atoms with Gasteiger partial charge in [-0.1, -0.05) is 6.58 Å². The van der Waals surface area contributed by atoms with Gasteiger partial charge < -0.3 is 5.11 Å². The topological polar surface area (TPSA) is 59.4 Å². The van der Waals surface area contributed by atoms with E-state index >= 15 is 0 Å². The van der Waals surface area contributed by atoms with Gasteiger partial charge in [0.05, 0.1) is 13.2 Å². The van der Waals surface area contributed by atoms with Crippen molar-refractivity contribution in [3.63, 3.8) is 0 Å². The number of aliphatic hydroxyl groups is 1. The molecular weight excluding hydrogens is 256 g/mol. The summed E-state index contributed by atoms with van der Waals surface area (Å²) < 4.78 is 0. The summed E-state index contributed by atoms with van der Waals surface area (Å²) in [5, 5.41) is 8.91. The van der Waals surface area contributed by atoms with Crippen molar-refractivity contribution in [1.82, 2.24) is 14.7 Å². The van der Waals surface area contributed by atoms with Gasteiger partial charge in [-0.05, 0) is 13.8 Å². The van der Waals surface area contributed by atoms with Crippen LogP contribution in [0, 0.1) is 0 Å². The van der Waals surface area contributed by atoms with Crippen LogP contribution in [-0.2, 0) is 4.79 Å². The highest BCUT2D eigenvalue weighted by atomic mass is 16.3. The van der Waals surface area contributed by atoms with Crippen molar-refractivity contribution in [2.45, 2.75) is 13.8 Å². The second kappa shape index (κ2) is 8.84. The molecule has 1 aliphatic heterocycles. The molecule has 0 aromatic heterocycles. The summed E-state index contributed by atoms with van der Waals surface area (Å²) in [6.07, 6.45) is 1.64. The molecule has 1 saturated heterocycles. The molecule has 20 heavy (non-hydrogen) atoms. The van der Waals surface area contributed by atoms with Crippen molar-refractivity contribution in [3.8, 4) is 0 Å². The molecule has 1 amide bonds. The zero-order valence-corrected chi connectivity index (χ0v) is 12.6. The van der Waals surface area contributed by atoms with Crippen LogP contribution in [0.15, 0.2) is 17.4 Å². The van der Waals surface area contributed by atoms with E-state index in [2.05, 4.69) is 21.4 Å².